The summed E-state index contributed by atoms with van der Waals surface area (Å²) in [4.78, 5) is 23.2. The van der Waals surface area contributed by atoms with E-state index in [1.807, 2.05) is 36.2 Å². The Balaban J connectivity index is 1.58. The number of hydrogen-bond donors (Lipinski definition) is 1. The number of aryl methyl sites for hydroxylation is 1. The molecule has 0 unspecified atom stereocenters. The molecule has 1 atom stereocenters. The van der Waals surface area contributed by atoms with Crippen molar-refractivity contribution in [1.82, 2.24) is 14.9 Å². The van der Waals surface area contributed by atoms with Gasteiger partial charge in [-0.25, -0.2) is 4.98 Å². The first-order chi connectivity index (χ1) is 12.2. The van der Waals surface area contributed by atoms with E-state index in [2.05, 4.69) is 22.1 Å². The molecule has 1 aliphatic carbocycles. The molecule has 1 aliphatic heterocycles. The molecule has 2 heterocycles. The van der Waals surface area contributed by atoms with Crippen molar-refractivity contribution < 1.29 is 9.53 Å². The molecule has 0 spiro atoms. The maximum absolute atomic E-state index is 13.5. The third-order valence-corrected chi connectivity index (χ3v) is 5.57. The first kappa shape index (κ1) is 16.3. The van der Waals surface area contributed by atoms with E-state index < -0.39 is 0 Å². The minimum atomic E-state index is -0.359. The van der Waals surface area contributed by atoms with Gasteiger partial charge < -0.3 is 14.6 Å². The van der Waals surface area contributed by atoms with Crippen LogP contribution in [-0.4, -0.2) is 40.5 Å². The van der Waals surface area contributed by atoms with Gasteiger partial charge in [0.2, 0.25) is 5.91 Å². The first-order valence-corrected chi connectivity index (χ1v) is 9.17. The van der Waals surface area contributed by atoms with Crippen LogP contribution in [0.1, 0.15) is 48.9 Å². The summed E-state index contributed by atoms with van der Waals surface area (Å²) < 4.78 is 5.87. The number of H-pyrrole nitrogens is 1. The summed E-state index contributed by atoms with van der Waals surface area (Å²) in [6, 6.07) is 10.3. The van der Waals surface area contributed by atoms with Gasteiger partial charge in [0.25, 0.3) is 0 Å². The van der Waals surface area contributed by atoms with Crippen molar-refractivity contribution in [3.8, 4) is 0 Å². The molecule has 1 amide bonds. The molecule has 0 radical (unpaired) electrons. The molecule has 1 saturated heterocycles. The number of imidazole rings is 1. The van der Waals surface area contributed by atoms with Crippen molar-refractivity contribution in [2.45, 2.75) is 44.1 Å². The molecule has 4 rings (SSSR count). The van der Waals surface area contributed by atoms with Gasteiger partial charge in [-0.15, -0.1) is 0 Å². The van der Waals surface area contributed by atoms with Gasteiger partial charge in [0.1, 0.15) is 11.9 Å². The van der Waals surface area contributed by atoms with E-state index >= 15 is 0 Å². The van der Waals surface area contributed by atoms with Gasteiger partial charge in [-0.05, 0) is 25.3 Å². The number of amides is 1. The van der Waals surface area contributed by atoms with Crippen molar-refractivity contribution in [3.63, 3.8) is 0 Å². The summed E-state index contributed by atoms with van der Waals surface area (Å²) in [6.45, 7) is 3.76. The second-order valence-electron chi connectivity index (χ2n) is 7.22. The Morgan fingerprint density at radius 2 is 2.04 bits per heavy atom. The van der Waals surface area contributed by atoms with Gasteiger partial charge in [0.15, 0.2) is 0 Å². The van der Waals surface area contributed by atoms with Crippen LogP contribution in [0.3, 0.4) is 0 Å². The Hall–Kier alpha value is -2.14. The normalized spacial score (nSPS) is 22.9. The van der Waals surface area contributed by atoms with E-state index in [9.17, 15) is 4.79 Å². The van der Waals surface area contributed by atoms with E-state index in [4.69, 9.17) is 4.74 Å². The van der Waals surface area contributed by atoms with Crippen LogP contribution in [-0.2, 0) is 14.9 Å². The average molecular weight is 339 g/mol. The number of benzene rings is 1. The van der Waals surface area contributed by atoms with Gasteiger partial charge in [-0.2, -0.15) is 0 Å². The fourth-order valence-corrected chi connectivity index (χ4v) is 4.26. The molecule has 1 aromatic heterocycles. The molecular weight excluding hydrogens is 314 g/mol. The van der Waals surface area contributed by atoms with E-state index in [1.165, 1.54) is 0 Å². The van der Waals surface area contributed by atoms with E-state index in [-0.39, 0.29) is 17.4 Å². The van der Waals surface area contributed by atoms with Gasteiger partial charge >= 0.3 is 0 Å². The van der Waals surface area contributed by atoms with Crippen LogP contribution in [0, 0.1) is 6.92 Å². The Morgan fingerprint density at radius 3 is 2.72 bits per heavy atom. The Kier molecular flexibility index (Phi) is 4.34. The molecule has 132 valence electrons. The fraction of sp³-hybridized carbons (Fsp3) is 0.500. The standard InChI is InChI=1S/C20H25N3O2/c1-15-13-21-18(22-15)17-14-23(11-12-25-17)19(24)20(9-5-6-10-20)16-7-3-2-4-8-16/h2-4,7-8,13,17H,5-6,9-12,14H2,1H3,(H,21,22)/t17-/m1/s1. The quantitative estimate of drug-likeness (QED) is 0.935. The zero-order chi connectivity index (χ0) is 17.3. The number of carbonyl (C=O) groups is 1. The molecule has 1 aromatic carbocycles. The van der Waals surface area contributed by atoms with Crippen LogP contribution in [0.5, 0.6) is 0 Å². The monoisotopic (exact) mass is 339 g/mol. The highest BCUT2D eigenvalue weighted by Crippen LogP contribution is 2.43. The zero-order valence-corrected chi connectivity index (χ0v) is 14.7. The molecule has 2 aliphatic rings. The summed E-state index contributed by atoms with van der Waals surface area (Å²) in [5.41, 5.74) is 1.82. The minimum Gasteiger partial charge on any atom is -0.367 e. The van der Waals surface area contributed by atoms with Gasteiger partial charge in [-0.1, -0.05) is 43.2 Å². The van der Waals surface area contributed by atoms with Crippen LogP contribution >= 0.6 is 0 Å². The van der Waals surface area contributed by atoms with Crippen LogP contribution in [0.2, 0.25) is 0 Å². The Morgan fingerprint density at radius 1 is 1.28 bits per heavy atom. The highest BCUT2D eigenvalue weighted by molar-refractivity contribution is 5.88. The number of morpholine rings is 1. The maximum Gasteiger partial charge on any atom is 0.233 e. The molecule has 0 bridgehead atoms. The lowest BCUT2D eigenvalue weighted by atomic mass is 9.77. The predicted molar refractivity (Wildman–Crippen MR) is 95.2 cm³/mol. The van der Waals surface area contributed by atoms with Crippen molar-refractivity contribution >= 4 is 5.91 Å². The second kappa shape index (κ2) is 6.64. The molecule has 25 heavy (non-hydrogen) atoms. The molecule has 1 saturated carbocycles. The summed E-state index contributed by atoms with van der Waals surface area (Å²) in [5.74, 6) is 1.07. The van der Waals surface area contributed by atoms with E-state index in [0.717, 1.165) is 42.8 Å². The van der Waals surface area contributed by atoms with Crippen LogP contribution in [0.25, 0.3) is 0 Å². The molecule has 2 fully saturated rings. The van der Waals surface area contributed by atoms with Crippen molar-refractivity contribution in [3.05, 3.63) is 53.6 Å². The summed E-state index contributed by atoms with van der Waals surface area (Å²) in [7, 11) is 0. The third-order valence-electron chi connectivity index (χ3n) is 5.57. The van der Waals surface area contributed by atoms with Crippen LogP contribution in [0.15, 0.2) is 36.5 Å². The minimum absolute atomic E-state index is 0.166. The smallest absolute Gasteiger partial charge is 0.233 e. The van der Waals surface area contributed by atoms with Crippen molar-refractivity contribution in [2.75, 3.05) is 19.7 Å². The van der Waals surface area contributed by atoms with Crippen LogP contribution in [0.4, 0.5) is 0 Å². The van der Waals surface area contributed by atoms with Gasteiger partial charge in [0.05, 0.1) is 18.6 Å². The predicted octanol–water partition coefficient (Wildman–Crippen LogP) is 3.13. The first-order valence-electron chi connectivity index (χ1n) is 9.17. The lowest BCUT2D eigenvalue weighted by Gasteiger charge is -2.39. The number of aromatic nitrogens is 2. The summed E-state index contributed by atoms with van der Waals surface area (Å²) in [5, 5.41) is 0. The molecule has 5 nitrogen and oxygen atoms in total. The largest absolute Gasteiger partial charge is 0.367 e. The van der Waals surface area contributed by atoms with Crippen molar-refractivity contribution in [1.29, 1.82) is 0 Å². The van der Waals surface area contributed by atoms with Gasteiger partial charge in [-0.3, -0.25) is 4.79 Å². The molecule has 5 heteroatoms. The summed E-state index contributed by atoms with van der Waals surface area (Å²) >= 11 is 0. The third kappa shape index (κ3) is 2.97. The molecular formula is C20H25N3O2. The fourth-order valence-electron chi connectivity index (χ4n) is 4.26. The number of nitrogens with zero attached hydrogens (tertiary/aromatic N) is 2. The lowest BCUT2D eigenvalue weighted by molar-refractivity contribution is -0.145. The Labute approximate surface area is 148 Å². The van der Waals surface area contributed by atoms with Crippen LogP contribution < -0.4 is 0 Å². The van der Waals surface area contributed by atoms with Crippen molar-refractivity contribution in [2.24, 2.45) is 0 Å². The topological polar surface area (TPSA) is 58.2 Å². The lowest BCUT2D eigenvalue weighted by Crippen LogP contribution is -2.50. The Bertz CT molecular complexity index is 734. The zero-order valence-electron chi connectivity index (χ0n) is 14.7. The van der Waals surface area contributed by atoms with Gasteiger partial charge in [0, 0.05) is 18.4 Å². The second-order valence-corrected chi connectivity index (χ2v) is 7.22. The summed E-state index contributed by atoms with van der Waals surface area (Å²) in [6.07, 6.45) is 5.76. The number of hydrogen-bond acceptors (Lipinski definition) is 3. The highest BCUT2D eigenvalue weighted by Gasteiger charge is 2.45. The number of carbonyl (C=O) groups excluding carboxylic acids is 1. The SMILES string of the molecule is Cc1cnc([C@H]2CN(C(=O)C3(c4ccccc4)CCCC3)CCO2)[nH]1. The molecule has 2 aromatic rings. The van der Waals surface area contributed by atoms with E-state index in [0.29, 0.717) is 19.7 Å². The van der Waals surface area contributed by atoms with E-state index in [1.54, 1.807) is 0 Å². The number of aromatic amines is 1. The number of ether oxygens (including phenoxy) is 1. The number of rotatable bonds is 3. The molecule has 1 N–H and O–H groups in total. The average Bonchev–Trinajstić information content (AvgIpc) is 3.32. The number of nitrogens with one attached hydrogen (secondary N) is 1. The maximum atomic E-state index is 13.5. The highest BCUT2D eigenvalue weighted by atomic mass is 16.5.